The number of nitrogens with one attached hydrogen (secondary N) is 2. The van der Waals surface area contributed by atoms with E-state index in [4.69, 9.17) is 0 Å². The van der Waals surface area contributed by atoms with Gasteiger partial charge in [0.25, 0.3) is 0 Å². The minimum Gasteiger partial charge on any atom is -0.359 e. The van der Waals surface area contributed by atoms with Crippen molar-refractivity contribution in [2.75, 3.05) is 13.6 Å². The van der Waals surface area contributed by atoms with Crippen molar-refractivity contribution in [2.45, 2.75) is 25.8 Å². The van der Waals surface area contributed by atoms with Crippen LogP contribution in [0.15, 0.2) is 24.3 Å². The van der Waals surface area contributed by atoms with Gasteiger partial charge >= 0.3 is 0 Å². The largest absolute Gasteiger partial charge is 0.359 e. The van der Waals surface area contributed by atoms with Crippen LogP contribution in [-0.2, 0) is 11.2 Å². The molecule has 0 aliphatic rings. The SMILES string of the molecule is CNC(=O)CCNC(C)Cc1ccccc1F. The molecular weight excluding hydrogens is 219 g/mol. The molecule has 0 saturated carbocycles. The molecule has 1 amide bonds. The van der Waals surface area contributed by atoms with Crippen LogP contribution in [0.1, 0.15) is 18.9 Å². The molecule has 0 spiro atoms. The van der Waals surface area contributed by atoms with E-state index in [-0.39, 0.29) is 17.8 Å². The van der Waals surface area contributed by atoms with Gasteiger partial charge in [0.2, 0.25) is 5.91 Å². The molecule has 94 valence electrons. The molecule has 1 aromatic carbocycles. The van der Waals surface area contributed by atoms with E-state index in [2.05, 4.69) is 10.6 Å². The normalized spacial score (nSPS) is 12.2. The van der Waals surface area contributed by atoms with Gasteiger partial charge in [0.1, 0.15) is 5.82 Å². The van der Waals surface area contributed by atoms with Crippen molar-refractivity contribution in [2.24, 2.45) is 0 Å². The summed E-state index contributed by atoms with van der Waals surface area (Å²) in [7, 11) is 1.62. The molecular formula is C13H19FN2O. The lowest BCUT2D eigenvalue weighted by Crippen LogP contribution is -2.32. The van der Waals surface area contributed by atoms with Crippen LogP contribution in [0.5, 0.6) is 0 Å². The van der Waals surface area contributed by atoms with Crippen molar-refractivity contribution in [1.82, 2.24) is 10.6 Å². The van der Waals surface area contributed by atoms with Gasteiger partial charge in [-0.3, -0.25) is 4.79 Å². The van der Waals surface area contributed by atoms with Crippen LogP contribution in [0.4, 0.5) is 4.39 Å². The Balaban J connectivity index is 2.32. The second-order valence-corrected chi connectivity index (χ2v) is 4.07. The number of amides is 1. The second-order valence-electron chi connectivity index (χ2n) is 4.07. The van der Waals surface area contributed by atoms with Crippen molar-refractivity contribution in [1.29, 1.82) is 0 Å². The Labute approximate surface area is 101 Å². The van der Waals surface area contributed by atoms with Crippen LogP contribution in [-0.4, -0.2) is 25.5 Å². The van der Waals surface area contributed by atoms with Gasteiger partial charge in [-0.15, -0.1) is 0 Å². The summed E-state index contributed by atoms with van der Waals surface area (Å²) in [5.74, 6) is -0.164. The second kappa shape index (κ2) is 7.01. The third-order valence-corrected chi connectivity index (χ3v) is 2.61. The topological polar surface area (TPSA) is 41.1 Å². The van der Waals surface area contributed by atoms with E-state index in [0.29, 0.717) is 24.9 Å². The predicted octanol–water partition coefficient (Wildman–Crippen LogP) is 1.48. The van der Waals surface area contributed by atoms with E-state index in [1.165, 1.54) is 6.07 Å². The maximum Gasteiger partial charge on any atom is 0.221 e. The standard InChI is InChI=1S/C13H19FN2O/c1-10(16-8-7-13(17)15-2)9-11-5-3-4-6-12(11)14/h3-6,10,16H,7-9H2,1-2H3,(H,15,17). The quantitative estimate of drug-likeness (QED) is 0.788. The molecule has 0 heterocycles. The van der Waals surface area contributed by atoms with Crippen molar-refractivity contribution >= 4 is 5.91 Å². The average Bonchev–Trinajstić information content (AvgIpc) is 2.32. The van der Waals surface area contributed by atoms with Gasteiger partial charge in [0, 0.05) is 26.1 Å². The number of rotatable bonds is 6. The van der Waals surface area contributed by atoms with Gasteiger partial charge in [-0.1, -0.05) is 18.2 Å². The lowest BCUT2D eigenvalue weighted by molar-refractivity contribution is -0.120. The van der Waals surface area contributed by atoms with Crippen LogP contribution >= 0.6 is 0 Å². The molecule has 1 unspecified atom stereocenters. The molecule has 0 aliphatic heterocycles. The lowest BCUT2D eigenvalue weighted by atomic mass is 10.1. The Morgan fingerprint density at radius 1 is 1.41 bits per heavy atom. The van der Waals surface area contributed by atoms with Gasteiger partial charge in [-0.25, -0.2) is 4.39 Å². The van der Waals surface area contributed by atoms with E-state index < -0.39 is 0 Å². The molecule has 0 aromatic heterocycles. The minimum absolute atomic E-state index is 0.00981. The van der Waals surface area contributed by atoms with E-state index >= 15 is 0 Å². The van der Waals surface area contributed by atoms with Crippen LogP contribution in [0, 0.1) is 5.82 Å². The zero-order chi connectivity index (χ0) is 12.7. The summed E-state index contributed by atoms with van der Waals surface area (Å²) >= 11 is 0. The van der Waals surface area contributed by atoms with Crippen LogP contribution in [0.2, 0.25) is 0 Å². The summed E-state index contributed by atoms with van der Waals surface area (Å²) in [4.78, 5) is 11.0. The lowest BCUT2D eigenvalue weighted by Gasteiger charge is -2.13. The monoisotopic (exact) mass is 238 g/mol. The van der Waals surface area contributed by atoms with Crippen molar-refractivity contribution in [3.8, 4) is 0 Å². The first-order valence-corrected chi connectivity index (χ1v) is 5.81. The van der Waals surface area contributed by atoms with Crippen LogP contribution in [0.3, 0.4) is 0 Å². The van der Waals surface area contributed by atoms with Gasteiger partial charge in [0.05, 0.1) is 0 Å². The van der Waals surface area contributed by atoms with Gasteiger partial charge in [-0.2, -0.15) is 0 Å². The van der Waals surface area contributed by atoms with E-state index in [9.17, 15) is 9.18 Å². The molecule has 0 bridgehead atoms. The summed E-state index contributed by atoms with van der Waals surface area (Å²) in [5, 5.41) is 5.75. The molecule has 1 atom stereocenters. The summed E-state index contributed by atoms with van der Waals surface area (Å²) < 4.78 is 13.4. The number of hydrogen-bond acceptors (Lipinski definition) is 2. The van der Waals surface area contributed by atoms with E-state index in [1.807, 2.05) is 13.0 Å². The highest BCUT2D eigenvalue weighted by Crippen LogP contribution is 2.08. The third-order valence-electron chi connectivity index (χ3n) is 2.61. The van der Waals surface area contributed by atoms with Crippen molar-refractivity contribution in [3.05, 3.63) is 35.6 Å². The Morgan fingerprint density at radius 2 is 2.12 bits per heavy atom. The molecule has 0 radical (unpaired) electrons. The fraction of sp³-hybridized carbons (Fsp3) is 0.462. The summed E-state index contributed by atoms with van der Waals surface area (Å²) in [6, 6.07) is 6.91. The number of carbonyl (C=O) groups is 1. The number of carbonyl (C=O) groups excluding carboxylic acids is 1. The van der Waals surface area contributed by atoms with Crippen molar-refractivity contribution < 1.29 is 9.18 Å². The molecule has 1 rings (SSSR count). The average molecular weight is 238 g/mol. The predicted molar refractivity (Wildman–Crippen MR) is 66.3 cm³/mol. The van der Waals surface area contributed by atoms with Crippen LogP contribution in [0.25, 0.3) is 0 Å². The first kappa shape index (κ1) is 13.6. The Morgan fingerprint density at radius 3 is 2.76 bits per heavy atom. The highest BCUT2D eigenvalue weighted by atomic mass is 19.1. The molecule has 2 N–H and O–H groups in total. The molecule has 0 aliphatic carbocycles. The first-order valence-electron chi connectivity index (χ1n) is 5.81. The Bertz CT molecular complexity index is 368. The summed E-state index contributed by atoms with van der Waals surface area (Å²) in [5.41, 5.74) is 0.701. The fourth-order valence-electron chi connectivity index (χ4n) is 1.62. The maximum atomic E-state index is 13.4. The molecule has 3 nitrogen and oxygen atoms in total. The maximum absolute atomic E-state index is 13.4. The molecule has 17 heavy (non-hydrogen) atoms. The van der Waals surface area contributed by atoms with Crippen molar-refractivity contribution in [3.63, 3.8) is 0 Å². The summed E-state index contributed by atoms with van der Waals surface area (Å²) in [6.07, 6.45) is 1.07. The van der Waals surface area contributed by atoms with Gasteiger partial charge in [-0.05, 0) is 25.0 Å². The highest BCUT2D eigenvalue weighted by Gasteiger charge is 2.07. The van der Waals surface area contributed by atoms with E-state index in [0.717, 1.165) is 0 Å². The third kappa shape index (κ3) is 4.95. The minimum atomic E-state index is -0.174. The fourth-order valence-corrected chi connectivity index (χ4v) is 1.62. The number of hydrogen-bond donors (Lipinski definition) is 2. The molecule has 1 aromatic rings. The Kier molecular flexibility index (Phi) is 5.63. The van der Waals surface area contributed by atoms with E-state index in [1.54, 1.807) is 19.2 Å². The number of halogens is 1. The highest BCUT2D eigenvalue weighted by molar-refractivity contribution is 5.75. The van der Waals surface area contributed by atoms with Gasteiger partial charge in [0.15, 0.2) is 0 Å². The first-order chi connectivity index (χ1) is 8.13. The zero-order valence-corrected chi connectivity index (χ0v) is 10.3. The van der Waals surface area contributed by atoms with Gasteiger partial charge < -0.3 is 10.6 Å². The van der Waals surface area contributed by atoms with Crippen LogP contribution < -0.4 is 10.6 Å². The molecule has 4 heteroatoms. The number of benzene rings is 1. The zero-order valence-electron chi connectivity index (χ0n) is 10.3. The summed E-state index contributed by atoms with van der Waals surface area (Å²) in [6.45, 7) is 2.59. The molecule has 0 fully saturated rings. The Hall–Kier alpha value is -1.42. The smallest absolute Gasteiger partial charge is 0.221 e. The molecule has 0 saturated heterocycles.